The number of benzene rings is 2. The van der Waals surface area contributed by atoms with Gasteiger partial charge in [0.25, 0.3) is 11.8 Å². The molecule has 0 atom stereocenters. The first kappa shape index (κ1) is 22.9. The van der Waals surface area contributed by atoms with Gasteiger partial charge in [0.1, 0.15) is 16.5 Å². The zero-order valence-electron chi connectivity index (χ0n) is 17.0. The molecule has 0 fully saturated rings. The van der Waals surface area contributed by atoms with Crippen molar-refractivity contribution < 1.29 is 27.5 Å². The first-order valence-corrected chi connectivity index (χ1v) is 10.4. The molecule has 0 bridgehead atoms. The Kier molecular flexibility index (Phi) is 6.50. The van der Waals surface area contributed by atoms with Gasteiger partial charge in [-0.15, -0.1) is 5.10 Å². The third-order valence-corrected chi connectivity index (χ3v) is 4.99. The highest BCUT2D eigenvalue weighted by atomic mass is 32.1. The summed E-state index contributed by atoms with van der Waals surface area (Å²) >= 11 is 0.708. The van der Waals surface area contributed by atoms with Crippen molar-refractivity contribution in [3.05, 3.63) is 89.9 Å². The highest BCUT2D eigenvalue weighted by Crippen LogP contribution is 2.29. The molecular weight excluding hydrogens is 471 g/mol. The Morgan fingerprint density at radius 3 is 2.29 bits per heavy atom. The van der Waals surface area contributed by atoms with Crippen molar-refractivity contribution in [3.63, 3.8) is 0 Å². The predicted molar refractivity (Wildman–Crippen MR) is 118 cm³/mol. The van der Waals surface area contributed by atoms with E-state index >= 15 is 0 Å². The fourth-order valence-corrected chi connectivity index (χ4v) is 3.30. The number of halogens is 3. The normalized spacial score (nSPS) is 11.0. The fraction of sp³-hybridized carbons (Fsp3) is 0.0455. The number of carbonyl (C=O) groups is 2. The van der Waals surface area contributed by atoms with Crippen LogP contribution in [0.25, 0.3) is 0 Å². The van der Waals surface area contributed by atoms with Crippen LogP contribution in [0.5, 0.6) is 11.5 Å². The monoisotopic (exact) mass is 485 g/mol. The third kappa shape index (κ3) is 5.53. The number of alkyl halides is 3. The van der Waals surface area contributed by atoms with Crippen molar-refractivity contribution in [1.82, 2.24) is 14.6 Å². The molecule has 2 aromatic carbocycles. The molecule has 2 N–H and O–H groups in total. The smallest absolute Gasteiger partial charge is 0.417 e. The van der Waals surface area contributed by atoms with Gasteiger partial charge in [-0.05, 0) is 42.5 Å². The number of carbonyl (C=O) groups excluding carboxylic acids is 2. The summed E-state index contributed by atoms with van der Waals surface area (Å²) in [5, 5.41) is 8.66. The van der Waals surface area contributed by atoms with Gasteiger partial charge in [-0.2, -0.15) is 13.2 Å². The van der Waals surface area contributed by atoms with Crippen LogP contribution in [-0.4, -0.2) is 26.4 Å². The zero-order chi connectivity index (χ0) is 24.1. The predicted octanol–water partition coefficient (Wildman–Crippen LogP) is 5.25. The highest BCUT2D eigenvalue weighted by Gasteiger charge is 2.31. The molecule has 4 aromatic rings. The molecule has 12 heteroatoms. The molecule has 0 aliphatic carbocycles. The first-order valence-electron chi connectivity index (χ1n) is 9.60. The Morgan fingerprint density at radius 1 is 0.882 bits per heavy atom. The lowest BCUT2D eigenvalue weighted by Crippen LogP contribution is -2.18. The Balaban J connectivity index is 1.42. The average molecular weight is 485 g/mol. The minimum atomic E-state index is -4.65. The van der Waals surface area contributed by atoms with Crippen LogP contribution in [0.4, 0.5) is 23.9 Å². The van der Waals surface area contributed by atoms with E-state index in [2.05, 4.69) is 25.2 Å². The Bertz CT molecular complexity index is 1310. The van der Waals surface area contributed by atoms with Gasteiger partial charge >= 0.3 is 6.18 Å². The topological polar surface area (TPSA) is 106 Å². The van der Waals surface area contributed by atoms with Crippen molar-refractivity contribution in [2.24, 2.45) is 0 Å². The van der Waals surface area contributed by atoms with Gasteiger partial charge in [-0.1, -0.05) is 22.7 Å². The van der Waals surface area contributed by atoms with Crippen molar-refractivity contribution in [1.29, 1.82) is 0 Å². The number of nitrogens with zero attached hydrogens (tertiary/aromatic N) is 3. The molecule has 34 heavy (non-hydrogen) atoms. The molecule has 2 heterocycles. The van der Waals surface area contributed by atoms with Crippen LogP contribution in [-0.2, 0) is 6.18 Å². The van der Waals surface area contributed by atoms with Gasteiger partial charge < -0.3 is 15.4 Å². The van der Waals surface area contributed by atoms with E-state index in [0.29, 0.717) is 41.0 Å². The summed E-state index contributed by atoms with van der Waals surface area (Å²) in [5.41, 5.74) is -1.16. The van der Waals surface area contributed by atoms with Gasteiger partial charge in [0.2, 0.25) is 0 Å². The van der Waals surface area contributed by atoms with Gasteiger partial charge in [-0.25, -0.2) is 0 Å². The molecule has 0 aliphatic rings. The van der Waals surface area contributed by atoms with Gasteiger partial charge in [0, 0.05) is 29.6 Å². The van der Waals surface area contributed by atoms with Crippen LogP contribution in [0, 0.1) is 0 Å². The maximum atomic E-state index is 12.9. The molecule has 2 amide bonds. The minimum absolute atomic E-state index is 0.0241. The summed E-state index contributed by atoms with van der Waals surface area (Å²) in [6.45, 7) is 0. The minimum Gasteiger partial charge on any atom is -0.457 e. The molecule has 0 aliphatic heterocycles. The van der Waals surface area contributed by atoms with Crippen LogP contribution < -0.4 is 15.4 Å². The van der Waals surface area contributed by atoms with Crippen molar-refractivity contribution in [2.45, 2.75) is 6.18 Å². The largest absolute Gasteiger partial charge is 0.457 e. The summed E-state index contributed by atoms with van der Waals surface area (Å²) in [5.74, 6) is -0.338. The average Bonchev–Trinajstić information content (AvgIpc) is 3.29. The van der Waals surface area contributed by atoms with Crippen LogP contribution >= 0.6 is 11.5 Å². The van der Waals surface area contributed by atoms with E-state index in [1.807, 2.05) is 18.2 Å². The van der Waals surface area contributed by atoms with Gasteiger partial charge in [-0.3, -0.25) is 14.6 Å². The molecule has 0 saturated carbocycles. The summed E-state index contributed by atoms with van der Waals surface area (Å²) in [6.07, 6.45) is -3.06. The quantitative estimate of drug-likeness (QED) is 0.387. The lowest BCUT2D eigenvalue weighted by atomic mass is 10.2. The van der Waals surface area contributed by atoms with E-state index in [0.717, 1.165) is 6.20 Å². The summed E-state index contributed by atoms with van der Waals surface area (Å²) < 4.78 is 47.9. The zero-order valence-corrected chi connectivity index (χ0v) is 17.9. The molecule has 0 radical (unpaired) electrons. The molecule has 8 nitrogen and oxygen atoms in total. The third-order valence-electron chi connectivity index (χ3n) is 4.35. The Morgan fingerprint density at radius 2 is 1.59 bits per heavy atom. The van der Waals surface area contributed by atoms with Crippen LogP contribution in [0.15, 0.2) is 73.1 Å². The van der Waals surface area contributed by atoms with Crippen LogP contribution in [0.1, 0.15) is 26.4 Å². The number of ether oxygens (including phenoxy) is 1. The van der Waals surface area contributed by atoms with Crippen molar-refractivity contribution in [2.75, 3.05) is 10.6 Å². The Hall–Kier alpha value is -4.32. The number of para-hydroxylation sites is 1. The van der Waals surface area contributed by atoms with E-state index in [9.17, 15) is 22.8 Å². The second-order valence-electron chi connectivity index (χ2n) is 6.76. The number of hydrogen-bond donors (Lipinski definition) is 2. The molecule has 0 saturated heterocycles. The highest BCUT2D eigenvalue weighted by molar-refractivity contribution is 7.10. The van der Waals surface area contributed by atoms with Crippen LogP contribution in [0.2, 0.25) is 0 Å². The number of anilines is 2. The second-order valence-corrected chi connectivity index (χ2v) is 7.51. The van der Waals surface area contributed by atoms with Gasteiger partial charge in [0.15, 0.2) is 5.69 Å². The SMILES string of the molecule is O=C(Nc1snnc1C(=O)Nc1ccc(Oc2ccccc2)cc1)c1cncc(C(F)(F)F)c1. The number of hydrogen-bond acceptors (Lipinski definition) is 7. The molecule has 4 rings (SSSR count). The maximum absolute atomic E-state index is 12.9. The second kappa shape index (κ2) is 9.67. The molecular formula is C22H14F3N5O3S. The number of aromatic nitrogens is 3. The van der Waals surface area contributed by atoms with E-state index in [4.69, 9.17) is 4.74 Å². The molecule has 2 aromatic heterocycles. The molecule has 0 unspecified atom stereocenters. The molecule has 0 spiro atoms. The Labute approximate surface area is 194 Å². The number of amides is 2. The van der Waals surface area contributed by atoms with E-state index in [1.54, 1.807) is 36.4 Å². The van der Waals surface area contributed by atoms with E-state index in [-0.39, 0.29) is 16.3 Å². The summed E-state index contributed by atoms with van der Waals surface area (Å²) in [4.78, 5) is 28.5. The van der Waals surface area contributed by atoms with E-state index < -0.39 is 23.6 Å². The summed E-state index contributed by atoms with van der Waals surface area (Å²) in [7, 11) is 0. The summed E-state index contributed by atoms with van der Waals surface area (Å²) in [6, 6.07) is 16.4. The van der Waals surface area contributed by atoms with Gasteiger partial charge in [0.05, 0.1) is 11.1 Å². The maximum Gasteiger partial charge on any atom is 0.417 e. The van der Waals surface area contributed by atoms with Crippen molar-refractivity contribution in [3.8, 4) is 11.5 Å². The van der Waals surface area contributed by atoms with Crippen molar-refractivity contribution >= 4 is 34.0 Å². The standard InChI is InChI=1S/C22H14F3N5O3S/c23-22(24,25)14-10-13(11-26-12-14)19(31)28-21-18(29-30-34-21)20(32)27-15-6-8-17(9-7-15)33-16-4-2-1-3-5-16/h1-12H,(H,27,32)(H,28,31). The number of pyridine rings is 1. The van der Waals surface area contributed by atoms with E-state index in [1.165, 1.54) is 0 Å². The number of rotatable bonds is 6. The van der Waals surface area contributed by atoms with Crippen LogP contribution in [0.3, 0.4) is 0 Å². The molecule has 172 valence electrons. The fourth-order valence-electron chi connectivity index (χ4n) is 2.74. The lowest BCUT2D eigenvalue weighted by Gasteiger charge is -2.09. The number of nitrogens with one attached hydrogen (secondary N) is 2. The first-order chi connectivity index (χ1) is 16.3. The lowest BCUT2D eigenvalue weighted by molar-refractivity contribution is -0.137.